The van der Waals surface area contributed by atoms with Crippen molar-refractivity contribution in [2.75, 3.05) is 19.6 Å². The molecule has 40 heavy (non-hydrogen) atoms. The molecular formula is C28H26Cl2N6O4. The average Bonchev–Trinajstić information content (AvgIpc) is 2.92. The second-order valence-corrected chi connectivity index (χ2v) is 9.87. The molecular weight excluding hydrogens is 555 g/mol. The Hall–Kier alpha value is -4.41. The van der Waals surface area contributed by atoms with E-state index in [4.69, 9.17) is 34.7 Å². The first kappa shape index (κ1) is 28.6. The molecule has 4 rings (SSSR count). The predicted molar refractivity (Wildman–Crippen MR) is 154 cm³/mol. The summed E-state index contributed by atoms with van der Waals surface area (Å²) in [6.45, 7) is -0.0910. The topological polar surface area (TPSA) is 160 Å². The smallest absolute Gasteiger partial charge is 0.254 e. The number of halogens is 2. The fraction of sp³-hybridized carbons (Fsp3) is 0.179. The standard InChI is InChI=1S/C28H26Cl2N6O4/c29-22-10-18(16-4-2-1-3-5-16)11-23(30)25(22)26(39)34-20(15-37)13-33-24(38)14-36-9-8-17-6-7-19(35-28(31)32)12-21(17)27(36)40/h1-7,10-12,15,20H,8-9,13-14H2,(H,33,38)(H,34,39)(H4,31,32,35)/t20-/m0/s1. The van der Waals surface area contributed by atoms with E-state index in [0.29, 0.717) is 30.5 Å². The monoisotopic (exact) mass is 580 g/mol. The molecule has 0 saturated heterocycles. The number of nitrogens with one attached hydrogen (secondary N) is 2. The second kappa shape index (κ2) is 12.6. The first-order valence-corrected chi connectivity index (χ1v) is 13.0. The summed E-state index contributed by atoms with van der Waals surface area (Å²) < 4.78 is 0. The summed E-state index contributed by atoms with van der Waals surface area (Å²) in [7, 11) is 0. The van der Waals surface area contributed by atoms with Crippen molar-refractivity contribution in [2.24, 2.45) is 16.5 Å². The third kappa shape index (κ3) is 6.77. The van der Waals surface area contributed by atoms with Crippen molar-refractivity contribution >= 4 is 58.9 Å². The summed E-state index contributed by atoms with van der Waals surface area (Å²) >= 11 is 12.7. The Kier molecular flexibility index (Phi) is 9.03. The van der Waals surface area contributed by atoms with E-state index in [1.807, 2.05) is 30.3 Å². The van der Waals surface area contributed by atoms with Gasteiger partial charge < -0.3 is 31.8 Å². The van der Waals surface area contributed by atoms with E-state index in [9.17, 15) is 19.2 Å². The number of nitrogens with zero attached hydrogens (tertiary/aromatic N) is 2. The molecule has 3 aromatic carbocycles. The number of hydrogen-bond donors (Lipinski definition) is 4. The maximum absolute atomic E-state index is 13.0. The van der Waals surface area contributed by atoms with Crippen molar-refractivity contribution in [1.82, 2.24) is 15.5 Å². The Bertz CT molecular complexity index is 1470. The SMILES string of the molecule is NC(N)=Nc1ccc2c(c1)C(=O)N(CC(=O)NC[C@@H](C=O)NC(=O)c1c(Cl)cc(-c3ccccc3)cc1Cl)CC2. The van der Waals surface area contributed by atoms with Gasteiger partial charge in [-0.15, -0.1) is 0 Å². The van der Waals surface area contributed by atoms with E-state index in [2.05, 4.69) is 15.6 Å². The number of nitrogens with two attached hydrogens (primary N) is 2. The van der Waals surface area contributed by atoms with Crippen LogP contribution in [0.1, 0.15) is 26.3 Å². The zero-order chi connectivity index (χ0) is 28.8. The molecule has 3 amide bonds. The van der Waals surface area contributed by atoms with E-state index < -0.39 is 17.9 Å². The second-order valence-electron chi connectivity index (χ2n) is 9.06. The molecule has 12 heteroatoms. The summed E-state index contributed by atoms with van der Waals surface area (Å²) in [4.78, 5) is 55.5. The van der Waals surface area contributed by atoms with Crippen molar-refractivity contribution < 1.29 is 19.2 Å². The fourth-order valence-corrected chi connectivity index (χ4v) is 4.95. The summed E-state index contributed by atoms with van der Waals surface area (Å²) in [5, 5.41) is 5.33. The highest BCUT2D eigenvalue weighted by Crippen LogP contribution is 2.32. The van der Waals surface area contributed by atoms with Crippen molar-refractivity contribution in [1.29, 1.82) is 0 Å². The number of aldehydes is 1. The maximum atomic E-state index is 13.0. The molecule has 0 saturated carbocycles. The highest BCUT2D eigenvalue weighted by Gasteiger charge is 2.27. The number of amides is 3. The minimum Gasteiger partial charge on any atom is -0.370 e. The number of hydrogen-bond acceptors (Lipinski definition) is 5. The molecule has 1 heterocycles. The summed E-state index contributed by atoms with van der Waals surface area (Å²) in [6, 6.07) is 16.6. The van der Waals surface area contributed by atoms with Gasteiger partial charge >= 0.3 is 0 Å². The fourth-order valence-electron chi connectivity index (χ4n) is 4.29. The zero-order valence-corrected chi connectivity index (χ0v) is 22.7. The molecule has 1 atom stereocenters. The Balaban J connectivity index is 1.35. The third-order valence-electron chi connectivity index (χ3n) is 6.23. The first-order valence-electron chi connectivity index (χ1n) is 12.3. The van der Waals surface area contributed by atoms with Gasteiger partial charge in [-0.25, -0.2) is 4.99 Å². The molecule has 0 aromatic heterocycles. The van der Waals surface area contributed by atoms with Crippen LogP contribution in [0.25, 0.3) is 11.1 Å². The number of carbonyl (C=O) groups excluding carboxylic acids is 4. The Morgan fingerprint density at radius 1 is 1.02 bits per heavy atom. The van der Waals surface area contributed by atoms with Gasteiger partial charge in [0.15, 0.2) is 5.96 Å². The van der Waals surface area contributed by atoms with Gasteiger partial charge in [0.05, 0.1) is 27.8 Å². The molecule has 206 valence electrons. The third-order valence-corrected chi connectivity index (χ3v) is 6.83. The maximum Gasteiger partial charge on any atom is 0.254 e. The first-order chi connectivity index (χ1) is 19.2. The van der Waals surface area contributed by atoms with Gasteiger partial charge in [0.25, 0.3) is 11.8 Å². The van der Waals surface area contributed by atoms with Gasteiger partial charge in [0.1, 0.15) is 12.3 Å². The zero-order valence-electron chi connectivity index (χ0n) is 21.2. The molecule has 10 nitrogen and oxygen atoms in total. The average molecular weight is 581 g/mol. The van der Waals surface area contributed by atoms with E-state index in [1.165, 1.54) is 4.90 Å². The van der Waals surface area contributed by atoms with Crippen molar-refractivity contribution in [3.63, 3.8) is 0 Å². The van der Waals surface area contributed by atoms with Gasteiger partial charge in [-0.05, 0) is 47.4 Å². The van der Waals surface area contributed by atoms with Crippen LogP contribution < -0.4 is 22.1 Å². The van der Waals surface area contributed by atoms with Crippen molar-refractivity contribution in [2.45, 2.75) is 12.5 Å². The summed E-state index contributed by atoms with van der Waals surface area (Å²) in [5.41, 5.74) is 14.1. The number of carbonyl (C=O) groups is 4. The lowest BCUT2D eigenvalue weighted by Crippen LogP contribution is -2.48. The largest absolute Gasteiger partial charge is 0.370 e. The highest BCUT2D eigenvalue weighted by atomic mass is 35.5. The Morgan fingerprint density at radius 3 is 2.38 bits per heavy atom. The predicted octanol–water partition coefficient (Wildman–Crippen LogP) is 2.68. The van der Waals surface area contributed by atoms with Gasteiger partial charge in [-0.2, -0.15) is 0 Å². The van der Waals surface area contributed by atoms with E-state index in [0.717, 1.165) is 16.7 Å². The lowest BCUT2D eigenvalue weighted by Gasteiger charge is -2.28. The van der Waals surface area contributed by atoms with E-state index in [1.54, 1.807) is 30.3 Å². The van der Waals surface area contributed by atoms with Gasteiger partial charge in [0, 0.05) is 18.7 Å². The molecule has 0 spiro atoms. The molecule has 1 aliphatic rings. The number of benzene rings is 3. The van der Waals surface area contributed by atoms with Crippen LogP contribution in [0.15, 0.2) is 65.7 Å². The molecule has 0 aliphatic carbocycles. The van der Waals surface area contributed by atoms with Crippen LogP contribution >= 0.6 is 23.2 Å². The molecule has 0 radical (unpaired) electrons. The van der Waals surface area contributed by atoms with Crippen LogP contribution in [0.5, 0.6) is 0 Å². The van der Waals surface area contributed by atoms with E-state index in [-0.39, 0.29) is 40.6 Å². The molecule has 0 unspecified atom stereocenters. The molecule has 0 bridgehead atoms. The normalized spacial score (nSPS) is 13.2. The van der Waals surface area contributed by atoms with Crippen LogP contribution in [-0.2, 0) is 16.0 Å². The number of rotatable bonds is 9. The Morgan fingerprint density at radius 2 is 1.73 bits per heavy atom. The minimum atomic E-state index is -1.06. The summed E-state index contributed by atoms with van der Waals surface area (Å²) in [6.07, 6.45) is 1.04. The Labute approximate surface area is 240 Å². The van der Waals surface area contributed by atoms with Gasteiger partial charge in [-0.1, -0.05) is 59.6 Å². The summed E-state index contributed by atoms with van der Waals surface area (Å²) in [5.74, 6) is -1.64. The lowest BCUT2D eigenvalue weighted by atomic mass is 9.98. The molecule has 0 fully saturated rings. The number of aliphatic imine (C=N–C) groups is 1. The van der Waals surface area contributed by atoms with Crippen LogP contribution in [0.2, 0.25) is 10.0 Å². The molecule has 3 aromatic rings. The van der Waals surface area contributed by atoms with Crippen molar-refractivity contribution in [3.05, 3.63) is 87.4 Å². The number of guanidine groups is 1. The minimum absolute atomic E-state index is 0.0128. The van der Waals surface area contributed by atoms with Gasteiger partial charge in [-0.3, -0.25) is 14.4 Å². The van der Waals surface area contributed by atoms with Crippen LogP contribution in [0.4, 0.5) is 5.69 Å². The molecule has 1 aliphatic heterocycles. The van der Waals surface area contributed by atoms with Crippen LogP contribution in [0, 0.1) is 0 Å². The molecule has 6 N–H and O–H groups in total. The van der Waals surface area contributed by atoms with Crippen LogP contribution in [-0.4, -0.2) is 60.5 Å². The quantitative estimate of drug-likeness (QED) is 0.173. The van der Waals surface area contributed by atoms with E-state index >= 15 is 0 Å². The lowest BCUT2D eigenvalue weighted by molar-refractivity contribution is -0.122. The van der Waals surface area contributed by atoms with Crippen molar-refractivity contribution in [3.8, 4) is 11.1 Å². The van der Waals surface area contributed by atoms with Gasteiger partial charge in [0.2, 0.25) is 5.91 Å². The van der Waals surface area contributed by atoms with Crippen LogP contribution in [0.3, 0.4) is 0 Å². The number of fused-ring (bicyclic) bond motifs is 1. The highest BCUT2D eigenvalue weighted by molar-refractivity contribution is 6.40.